The molecule has 1 aliphatic heterocycles. The maximum Gasteiger partial charge on any atom is 0.453 e. The van der Waals surface area contributed by atoms with Gasteiger partial charge in [0.2, 0.25) is 0 Å². The molecule has 0 aliphatic carbocycles. The summed E-state index contributed by atoms with van der Waals surface area (Å²) < 4.78 is 44.3. The van der Waals surface area contributed by atoms with Gasteiger partial charge in [0.15, 0.2) is 0 Å². The number of piperidine rings is 1. The third-order valence-electron chi connectivity index (χ3n) is 3.90. The third kappa shape index (κ3) is 3.59. The van der Waals surface area contributed by atoms with Crippen molar-refractivity contribution >= 4 is 17.7 Å². The molecule has 3 rings (SSSR count). The van der Waals surface area contributed by atoms with Crippen LogP contribution in [-0.4, -0.2) is 56.8 Å². The van der Waals surface area contributed by atoms with Crippen molar-refractivity contribution in [1.82, 2.24) is 24.5 Å². The largest absolute Gasteiger partial charge is 0.453 e. The average Bonchev–Trinajstić information content (AvgIpc) is 2.98. The molecule has 0 spiro atoms. The number of nitrogens with zero attached hydrogens (tertiary/aromatic N) is 5. The molecule has 11 heteroatoms. The molecule has 3 heterocycles. The van der Waals surface area contributed by atoms with Gasteiger partial charge in [0.1, 0.15) is 5.82 Å². The molecule has 0 aromatic carbocycles. The van der Waals surface area contributed by atoms with Crippen molar-refractivity contribution in [3.63, 3.8) is 0 Å². The van der Waals surface area contributed by atoms with E-state index < -0.39 is 18.1 Å². The van der Waals surface area contributed by atoms with E-state index in [2.05, 4.69) is 20.4 Å². The number of aromatic nitrogens is 4. The van der Waals surface area contributed by atoms with Gasteiger partial charge in [-0.1, -0.05) is 0 Å². The Labute approximate surface area is 141 Å². The smallest absolute Gasteiger partial charge is 0.453 e. The Hall–Kier alpha value is -2.59. The molecule has 1 unspecified atom stereocenters. The van der Waals surface area contributed by atoms with Crippen molar-refractivity contribution < 1.29 is 22.7 Å². The average molecular weight is 358 g/mol. The molecule has 2 aromatic heterocycles. The van der Waals surface area contributed by atoms with Crippen molar-refractivity contribution in [3.05, 3.63) is 17.6 Å². The van der Waals surface area contributed by atoms with Crippen molar-refractivity contribution in [1.29, 1.82) is 0 Å². The highest BCUT2D eigenvalue weighted by Crippen LogP contribution is 2.27. The standard InChI is InChI=1S/C14H17F3N6O2/c1-8-6-10(19-9-4-3-5-22(7-9)13(24)25-2)23-12(18-8)20-11(21-23)14(15,16)17/h6,9,19H,3-5,7H2,1-2H3. The van der Waals surface area contributed by atoms with Gasteiger partial charge in [-0.2, -0.15) is 22.7 Å². The molecule has 1 saturated heterocycles. The number of hydrogen-bond donors (Lipinski definition) is 1. The lowest BCUT2D eigenvalue weighted by atomic mass is 10.1. The van der Waals surface area contributed by atoms with Crippen molar-refractivity contribution in [2.45, 2.75) is 32.0 Å². The van der Waals surface area contributed by atoms with Gasteiger partial charge in [-0.05, 0) is 19.8 Å². The second kappa shape index (κ2) is 6.37. The number of amides is 1. The SMILES string of the molecule is COC(=O)N1CCCC(Nc2cc(C)nc3nc(C(F)(F)F)nn23)C1. The normalized spacial score (nSPS) is 18.4. The minimum absolute atomic E-state index is 0.129. The third-order valence-corrected chi connectivity index (χ3v) is 3.90. The summed E-state index contributed by atoms with van der Waals surface area (Å²) in [6.07, 6.45) is -3.56. The lowest BCUT2D eigenvalue weighted by Gasteiger charge is -2.32. The molecule has 25 heavy (non-hydrogen) atoms. The molecule has 1 aliphatic rings. The van der Waals surface area contributed by atoms with Crippen LogP contribution in [-0.2, 0) is 10.9 Å². The quantitative estimate of drug-likeness (QED) is 0.885. The van der Waals surface area contributed by atoms with Crippen LogP contribution < -0.4 is 5.32 Å². The first-order valence-electron chi connectivity index (χ1n) is 7.69. The summed E-state index contributed by atoms with van der Waals surface area (Å²) in [7, 11) is 1.31. The van der Waals surface area contributed by atoms with E-state index >= 15 is 0 Å². The number of nitrogens with one attached hydrogen (secondary N) is 1. The van der Waals surface area contributed by atoms with Gasteiger partial charge in [0.25, 0.3) is 11.6 Å². The summed E-state index contributed by atoms with van der Waals surface area (Å²) in [6.45, 7) is 2.63. The summed E-state index contributed by atoms with van der Waals surface area (Å²) in [5.74, 6) is -1.02. The molecule has 136 valence electrons. The minimum atomic E-state index is -4.65. The molecular formula is C14H17F3N6O2. The van der Waals surface area contributed by atoms with Gasteiger partial charge >= 0.3 is 12.3 Å². The topological polar surface area (TPSA) is 84.6 Å². The first kappa shape index (κ1) is 17.2. The zero-order chi connectivity index (χ0) is 18.2. The number of hydrogen-bond acceptors (Lipinski definition) is 6. The maximum atomic E-state index is 12.9. The Balaban J connectivity index is 1.88. The molecule has 1 amide bonds. The number of anilines is 1. The first-order chi connectivity index (χ1) is 11.8. The van der Waals surface area contributed by atoms with Gasteiger partial charge in [-0.25, -0.2) is 9.78 Å². The van der Waals surface area contributed by atoms with Crippen LogP contribution in [0.5, 0.6) is 0 Å². The first-order valence-corrected chi connectivity index (χ1v) is 7.69. The summed E-state index contributed by atoms with van der Waals surface area (Å²) in [5, 5.41) is 6.65. The monoisotopic (exact) mass is 358 g/mol. The molecule has 1 N–H and O–H groups in total. The molecule has 2 aromatic rings. The summed E-state index contributed by atoms with van der Waals surface area (Å²) in [4.78, 5) is 20.6. The molecular weight excluding hydrogens is 341 g/mol. The molecule has 0 bridgehead atoms. The van der Waals surface area contributed by atoms with Crippen LogP contribution in [0.1, 0.15) is 24.4 Å². The summed E-state index contributed by atoms with van der Waals surface area (Å²) in [5.41, 5.74) is 0.511. The van der Waals surface area contributed by atoms with E-state index in [9.17, 15) is 18.0 Å². The number of likely N-dealkylation sites (tertiary alicyclic amines) is 1. The number of methoxy groups -OCH3 is 1. The van der Waals surface area contributed by atoms with Crippen molar-refractivity contribution in [3.8, 4) is 0 Å². The second-order valence-corrected chi connectivity index (χ2v) is 5.83. The highest BCUT2D eigenvalue weighted by molar-refractivity contribution is 5.67. The fraction of sp³-hybridized carbons (Fsp3) is 0.571. The van der Waals surface area contributed by atoms with Crippen molar-refractivity contribution in [2.24, 2.45) is 0 Å². The Morgan fingerprint density at radius 1 is 1.40 bits per heavy atom. The number of carbonyl (C=O) groups is 1. The minimum Gasteiger partial charge on any atom is -0.453 e. The predicted molar refractivity (Wildman–Crippen MR) is 81.1 cm³/mol. The highest BCUT2D eigenvalue weighted by Gasteiger charge is 2.37. The number of halogens is 3. The van der Waals surface area contributed by atoms with Crippen LogP contribution in [0.25, 0.3) is 5.78 Å². The Bertz CT molecular complexity index is 791. The van der Waals surface area contributed by atoms with E-state index in [0.717, 1.165) is 17.4 Å². The van der Waals surface area contributed by atoms with Gasteiger partial charge in [0.05, 0.1) is 7.11 Å². The molecule has 8 nitrogen and oxygen atoms in total. The molecule has 0 radical (unpaired) electrons. The van der Waals surface area contributed by atoms with E-state index in [1.165, 1.54) is 7.11 Å². The number of carbonyl (C=O) groups excluding carboxylic acids is 1. The van der Waals surface area contributed by atoms with Crippen LogP contribution in [0.3, 0.4) is 0 Å². The number of fused-ring (bicyclic) bond motifs is 1. The van der Waals surface area contributed by atoms with Gasteiger partial charge in [0, 0.05) is 30.9 Å². The highest BCUT2D eigenvalue weighted by atomic mass is 19.4. The van der Waals surface area contributed by atoms with E-state index in [0.29, 0.717) is 24.6 Å². The van der Waals surface area contributed by atoms with Gasteiger partial charge in [-0.15, -0.1) is 5.10 Å². The van der Waals surface area contributed by atoms with Gasteiger partial charge < -0.3 is 15.0 Å². The van der Waals surface area contributed by atoms with E-state index in [1.54, 1.807) is 17.9 Å². The second-order valence-electron chi connectivity index (χ2n) is 5.83. The lowest BCUT2D eigenvalue weighted by molar-refractivity contribution is -0.144. The fourth-order valence-electron chi connectivity index (χ4n) is 2.81. The van der Waals surface area contributed by atoms with Crippen LogP contribution in [0.15, 0.2) is 6.07 Å². The van der Waals surface area contributed by atoms with Crippen LogP contribution in [0.2, 0.25) is 0 Å². The number of rotatable bonds is 2. The molecule has 1 fully saturated rings. The van der Waals surface area contributed by atoms with E-state index in [4.69, 9.17) is 4.74 Å². The van der Waals surface area contributed by atoms with Crippen LogP contribution in [0, 0.1) is 6.92 Å². The molecule has 1 atom stereocenters. The van der Waals surface area contributed by atoms with Crippen molar-refractivity contribution in [2.75, 3.05) is 25.5 Å². The number of alkyl halides is 3. The summed E-state index contributed by atoms with van der Waals surface area (Å²) >= 11 is 0. The van der Waals surface area contributed by atoms with Gasteiger partial charge in [-0.3, -0.25) is 0 Å². The van der Waals surface area contributed by atoms with E-state index in [1.807, 2.05) is 0 Å². The number of ether oxygens (including phenoxy) is 1. The Morgan fingerprint density at radius 2 is 2.16 bits per heavy atom. The lowest BCUT2D eigenvalue weighted by Crippen LogP contribution is -2.45. The van der Waals surface area contributed by atoms with Crippen LogP contribution >= 0.6 is 0 Å². The zero-order valence-electron chi connectivity index (χ0n) is 13.7. The number of aryl methyl sites for hydroxylation is 1. The predicted octanol–water partition coefficient (Wildman–Crippen LogP) is 2.09. The van der Waals surface area contributed by atoms with E-state index in [-0.39, 0.29) is 11.8 Å². The Morgan fingerprint density at radius 3 is 2.84 bits per heavy atom. The fourth-order valence-corrected chi connectivity index (χ4v) is 2.81. The molecule has 0 saturated carbocycles. The maximum absolute atomic E-state index is 12.9. The van der Waals surface area contributed by atoms with Crippen LogP contribution in [0.4, 0.5) is 23.8 Å². The Kier molecular flexibility index (Phi) is 4.39. The summed E-state index contributed by atoms with van der Waals surface area (Å²) in [6, 6.07) is 1.45. The zero-order valence-corrected chi connectivity index (χ0v) is 13.7.